The summed E-state index contributed by atoms with van der Waals surface area (Å²) in [7, 11) is 0. The number of para-hydroxylation sites is 2. The molecular formula is C22H22N4O5. The highest BCUT2D eigenvalue weighted by Crippen LogP contribution is 2.40. The average Bonchev–Trinajstić information content (AvgIpc) is 2.99. The molecule has 31 heavy (non-hydrogen) atoms. The van der Waals surface area contributed by atoms with E-state index in [-0.39, 0.29) is 26.0 Å². The quantitative estimate of drug-likeness (QED) is 0.676. The zero-order valence-electron chi connectivity index (χ0n) is 16.7. The van der Waals surface area contributed by atoms with Gasteiger partial charge in [0.15, 0.2) is 5.54 Å². The summed E-state index contributed by atoms with van der Waals surface area (Å²) >= 11 is 0. The van der Waals surface area contributed by atoms with Crippen molar-refractivity contribution in [3.05, 3.63) is 60.2 Å². The number of ether oxygens (including phenoxy) is 1. The summed E-state index contributed by atoms with van der Waals surface area (Å²) < 4.78 is 5.62. The van der Waals surface area contributed by atoms with E-state index in [1.54, 1.807) is 54.6 Å². The number of carbonyl (C=O) groups excluding carboxylic acids is 4. The molecule has 4 rings (SSSR count). The van der Waals surface area contributed by atoms with Crippen LogP contribution in [-0.4, -0.2) is 48.3 Å². The summed E-state index contributed by atoms with van der Waals surface area (Å²) in [5.41, 5.74) is 5.12. The summed E-state index contributed by atoms with van der Waals surface area (Å²) in [6.07, 6.45) is 0.221. The van der Waals surface area contributed by atoms with E-state index in [0.717, 1.165) is 4.90 Å². The van der Waals surface area contributed by atoms with E-state index in [9.17, 15) is 19.2 Å². The number of amides is 5. The minimum Gasteiger partial charge on any atom is -0.493 e. The second-order valence-corrected chi connectivity index (χ2v) is 7.42. The number of nitrogens with one attached hydrogen (secondary N) is 1. The number of rotatable bonds is 6. The van der Waals surface area contributed by atoms with Crippen LogP contribution in [0.2, 0.25) is 0 Å². The maximum atomic E-state index is 13.4. The van der Waals surface area contributed by atoms with Gasteiger partial charge in [0.1, 0.15) is 12.3 Å². The molecule has 1 atom stereocenters. The Hall–Kier alpha value is -3.88. The molecule has 2 aliphatic heterocycles. The second-order valence-electron chi connectivity index (χ2n) is 7.42. The Labute approximate surface area is 178 Å². The Bertz CT molecular complexity index is 1040. The fourth-order valence-electron chi connectivity index (χ4n) is 3.96. The number of nitrogens with zero attached hydrogens (tertiary/aromatic N) is 2. The predicted molar refractivity (Wildman–Crippen MR) is 111 cm³/mol. The molecule has 3 N–H and O–H groups in total. The molecular weight excluding hydrogens is 400 g/mol. The lowest BCUT2D eigenvalue weighted by Crippen LogP contribution is -2.48. The number of imide groups is 1. The summed E-state index contributed by atoms with van der Waals surface area (Å²) in [6, 6.07) is 15.1. The molecule has 1 unspecified atom stereocenters. The van der Waals surface area contributed by atoms with Gasteiger partial charge in [0.05, 0.1) is 6.61 Å². The van der Waals surface area contributed by atoms with E-state index < -0.39 is 35.8 Å². The van der Waals surface area contributed by atoms with Crippen LogP contribution in [0.1, 0.15) is 18.4 Å². The van der Waals surface area contributed by atoms with Crippen LogP contribution in [-0.2, 0) is 19.9 Å². The summed E-state index contributed by atoms with van der Waals surface area (Å²) in [6.45, 7) is -0.147. The standard InChI is InChI=1S/C22H22N4O5/c23-18(27)10-12-25(15-6-2-1-3-7-15)19(28)14-26-20(29)22(24-21(26)30)11-13-31-17-9-5-4-8-16(17)22/h1-9H,10-14H2,(H2,23,27)(H,24,30). The highest BCUT2D eigenvalue weighted by Gasteiger charge is 2.55. The first-order chi connectivity index (χ1) is 14.9. The normalized spacial score (nSPS) is 19.5. The minimum atomic E-state index is -1.25. The topological polar surface area (TPSA) is 122 Å². The van der Waals surface area contributed by atoms with Crippen LogP contribution >= 0.6 is 0 Å². The fraction of sp³-hybridized carbons (Fsp3) is 0.273. The van der Waals surface area contributed by atoms with Gasteiger partial charge in [-0.15, -0.1) is 0 Å². The smallest absolute Gasteiger partial charge is 0.325 e. The third kappa shape index (κ3) is 3.70. The zero-order valence-corrected chi connectivity index (χ0v) is 16.7. The van der Waals surface area contributed by atoms with Crippen molar-refractivity contribution in [1.29, 1.82) is 0 Å². The van der Waals surface area contributed by atoms with Crippen LogP contribution in [0.25, 0.3) is 0 Å². The first kappa shape index (κ1) is 20.4. The average molecular weight is 422 g/mol. The molecule has 0 aliphatic carbocycles. The van der Waals surface area contributed by atoms with Crippen molar-refractivity contribution in [3.63, 3.8) is 0 Å². The Morgan fingerprint density at radius 2 is 1.81 bits per heavy atom. The summed E-state index contributed by atoms with van der Waals surface area (Å²) in [5.74, 6) is -1.01. The van der Waals surface area contributed by atoms with Gasteiger partial charge in [-0.05, 0) is 18.2 Å². The van der Waals surface area contributed by atoms with E-state index in [2.05, 4.69) is 5.32 Å². The molecule has 1 spiro atoms. The molecule has 9 heteroatoms. The van der Waals surface area contributed by atoms with E-state index in [1.807, 2.05) is 0 Å². The summed E-state index contributed by atoms with van der Waals surface area (Å²) in [5, 5.41) is 2.77. The lowest BCUT2D eigenvalue weighted by atomic mass is 9.84. The Morgan fingerprint density at radius 3 is 2.55 bits per heavy atom. The number of fused-ring (bicyclic) bond motifs is 2. The van der Waals surface area contributed by atoms with E-state index in [0.29, 0.717) is 17.0 Å². The largest absolute Gasteiger partial charge is 0.493 e. The highest BCUT2D eigenvalue weighted by atomic mass is 16.5. The van der Waals surface area contributed by atoms with Crippen molar-refractivity contribution in [2.75, 3.05) is 24.6 Å². The fourth-order valence-corrected chi connectivity index (χ4v) is 3.96. The molecule has 9 nitrogen and oxygen atoms in total. The number of nitrogens with two attached hydrogens (primary N) is 1. The monoisotopic (exact) mass is 422 g/mol. The number of hydrogen-bond donors (Lipinski definition) is 2. The van der Waals surface area contributed by atoms with Crippen LogP contribution in [0.15, 0.2) is 54.6 Å². The molecule has 1 fully saturated rings. The van der Waals surface area contributed by atoms with Gasteiger partial charge < -0.3 is 20.7 Å². The maximum Gasteiger partial charge on any atom is 0.325 e. The van der Waals surface area contributed by atoms with Crippen molar-refractivity contribution in [3.8, 4) is 5.75 Å². The van der Waals surface area contributed by atoms with Crippen molar-refractivity contribution < 1.29 is 23.9 Å². The first-order valence-corrected chi connectivity index (χ1v) is 9.92. The number of hydrogen-bond acceptors (Lipinski definition) is 5. The lowest BCUT2D eigenvalue weighted by molar-refractivity contribution is -0.135. The molecule has 1 saturated heterocycles. The number of benzene rings is 2. The second kappa shape index (κ2) is 8.10. The molecule has 2 aromatic rings. The number of urea groups is 1. The van der Waals surface area contributed by atoms with Crippen LogP contribution in [0.3, 0.4) is 0 Å². The number of anilines is 1. The van der Waals surface area contributed by atoms with Gasteiger partial charge in [0, 0.05) is 30.6 Å². The SMILES string of the molecule is NC(=O)CCN(C(=O)CN1C(=O)NC2(CCOc3ccccc32)C1=O)c1ccccc1. The van der Waals surface area contributed by atoms with E-state index >= 15 is 0 Å². The molecule has 0 saturated carbocycles. The van der Waals surface area contributed by atoms with Crippen LogP contribution in [0.4, 0.5) is 10.5 Å². The molecule has 2 aliphatic rings. The van der Waals surface area contributed by atoms with Gasteiger partial charge >= 0.3 is 6.03 Å². The third-order valence-corrected chi connectivity index (χ3v) is 5.50. The molecule has 0 aromatic heterocycles. The molecule has 2 aromatic carbocycles. The molecule has 5 amide bonds. The predicted octanol–water partition coefficient (Wildman–Crippen LogP) is 1.12. The van der Waals surface area contributed by atoms with Gasteiger partial charge in [0.2, 0.25) is 11.8 Å². The number of carbonyl (C=O) groups is 4. The molecule has 160 valence electrons. The van der Waals surface area contributed by atoms with E-state index in [1.165, 1.54) is 4.90 Å². The first-order valence-electron chi connectivity index (χ1n) is 9.92. The third-order valence-electron chi connectivity index (χ3n) is 5.50. The van der Waals surface area contributed by atoms with Crippen molar-refractivity contribution in [2.45, 2.75) is 18.4 Å². The van der Waals surface area contributed by atoms with Gasteiger partial charge in [-0.2, -0.15) is 0 Å². The summed E-state index contributed by atoms with van der Waals surface area (Å²) in [4.78, 5) is 52.7. The minimum absolute atomic E-state index is 0.0453. The van der Waals surface area contributed by atoms with Crippen molar-refractivity contribution in [2.24, 2.45) is 5.73 Å². The molecule has 0 bridgehead atoms. The van der Waals surface area contributed by atoms with Crippen molar-refractivity contribution >= 4 is 29.4 Å². The zero-order chi connectivity index (χ0) is 22.0. The van der Waals surface area contributed by atoms with Gasteiger partial charge in [-0.1, -0.05) is 36.4 Å². The molecule has 2 heterocycles. The van der Waals surface area contributed by atoms with E-state index in [4.69, 9.17) is 10.5 Å². The Morgan fingerprint density at radius 1 is 1.10 bits per heavy atom. The van der Waals surface area contributed by atoms with Crippen LogP contribution in [0.5, 0.6) is 5.75 Å². The molecule has 0 radical (unpaired) electrons. The van der Waals surface area contributed by atoms with Crippen LogP contribution < -0.4 is 20.7 Å². The van der Waals surface area contributed by atoms with Gasteiger partial charge in [0.25, 0.3) is 5.91 Å². The highest BCUT2D eigenvalue weighted by molar-refractivity contribution is 6.11. The Balaban J connectivity index is 1.59. The Kier molecular flexibility index (Phi) is 5.33. The van der Waals surface area contributed by atoms with Crippen molar-refractivity contribution in [1.82, 2.24) is 10.2 Å². The lowest BCUT2D eigenvalue weighted by Gasteiger charge is -2.33. The maximum absolute atomic E-state index is 13.4. The van der Waals surface area contributed by atoms with Crippen LogP contribution in [0, 0.1) is 0 Å². The van der Waals surface area contributed by atoms with Gasteiger partial charge in [-0.3, -0.25) is 19.3 Å². The number of primary amides is 1. The van der Waals surface area contributed by atoms with Gasteiger partial charge in [-0.25, -0.2) is 4.79 Å².